The Morgan fingerprint density at radius 3 is 2.41 bits per heavy atom. The molecule has 2 N–H and O–H groups in total. The normalized spacial score (nSPS) is 28.6. The van der Waals surface area contributed by atoms with E-state index in [1.165, 1.54) is 0 Å². The van der Waals surface area contributed by atoms with Crippen LogP contribution in [0.1, 0.15) is 32.6 Å². The van der Waals surface area contributed by atoms with Crippen LogP contribution in [0.25, 0.3) is 0 Å². The van der Waals surface area contributed by atoms with E-state index in [1.807, 2.05) is 30.3 Å². The van der Waals surface area contributed by atoms with E-state index in [4.69, 9.17) is 0 Å². The summed E-state index contributed by atoms with van der Waals surface area (Å²) in [6.45, 7) is 2.19. The minimum atomic E-state index is -0.770. The van der Waals surface area contributed by atoms with Crippen molar-refractivity contribution in [2.45, 2.75) is 38.1 Å². The van der Waals surface area contributed by atoms with Gasteiger partial charge in [-0.25, -0.2) is 4.79 Å². The molecule has 17 heavy (non-hydrogen) atoms. The Morgan fingerprint density at radius 1 is 1.29 bits per heavy atom. The van der Waals surface area contributed by atoms with Crippen LogP contribution >= 0.6 is 0 Å². The number of hydrogen-bond donors (Lipinski definition) is 2. The van der Waals surface area contributed by atoms with Gasteiger partial charge >= 0.3 is 5.97 Å². The Bertz CT molecular complexity index is 380. The summed E-state index contributed by atoms with van der Waals surface area (Å²) in [7, 11) is 0. The quantitative estimate of drug-likeness (QED) is 0.843. The largest absolute Gasteiger partial charge is 0.480 e. The van der Waals surface area contributed by atoms with Crippen molar-refractivity contribution >= 4 is 11.7 Å². The monoisotopic (exact) mass is 233 g/mol. The fraction of sp³-hybridized carbons (Fsp3) is 0.500. The third-order valence-electron chi connectivity index (χ3n) is 3.69. The van der Waals surface area contributed by atoms with Crippen molar-refractivity contribution in [1.82, 2.24) is 0 Å². The lowest BCUT2D eigenvalue weighted by molar-refractivity contribution is -0.143. The SMILES string of the molecule is CC1CCC(Nc2ccccc2)(C(=O)O)CC1. The third-order valence-corrected chi connectivity index (χ3v) is 3.69. The van der Waals surface area contributed by atoms with Crippen LogP contribution in [0.2, 0.25) is 0 Å². The van der Waals surface area contributed by atoms with Crippen molar-refractivity contribution in [3.63, 3.8) is 0 Å². The Kier molecular flexibility index (Phi) is 3.36. The molecule has 0 atom stereocenters. The summed E-state index contributed by atoms with van der Waals surface area (Å²) < 4.78 is 0. The van der Waals surface area contributed by atoms with Gasteiger partial charge in [0.15, 0.2) is 0 Å². The van der Waals surface area contributed by atoms with Crippen LogP contribution in [-0.2, 0) is 4.79 Å². The molecule has 0 bridgehead atoms. The van der Waals surface area contributed by atoms with Crippen LogP contribution in [0, 0.1) is 5.92 Å². The number of rotatable bonds is 3. The third kappa shape index (κ3) is 2.60. The van der Waals surface area contributed by atoms with Crippen LogP contribution in [-0.4, -0.2) is 16.6 Å². The van der Waals surface area contributed by atoms with Gasteiger partial charge in [0.2, 0.25) is 0 Å². The van der Waals surface area contributed by atoms with Crippen molar-refractivity contribution in [3.8, 4) is 0 Å². The zero-order valence-electron chi connectivity index (χ0n) is 10.1. The van der Waals surface area contributed by atoms with Crippen LogP contribution in [0.3, 0.4) is 0 Å². The Hall–Kier alpha value is -1.51. The highest BCUT2D eigenvalue weighted by atomic mass is 16.4. The second-order valence-corrected chi connectivity index (χ2v) is 5.06. The number of anilines is 1. The van der Waals surface area contributed by atoms with E-state index in [1.54, 1.807) is 0 Å². The second kappa shape index (κ2) is 4.78. The summed E-state index contributed by atoms with van der Waals surface area (Å²) in [6, 6.07) is 9.61. The lowest BCUT2D eigenvalue weighted by Gasteiger charge is -2.37. The van der Waals surface area contributed by atoms with Crippen molar-refractivity contribution in [1.29, 1.82) is 0 Å². The Balaban J connectivity index is 2.15. The molecule has 1 saturated carbocycles. The lowest BCUT2D eigenvalue weighted by atomic mass is 9.77. The summed E-state index contributed by atoms with van der Waals surface area (Å²) in [5.41, 5.74) is 0.123. The highest BCUT2D eigenvalue weighted by Crippen LogP contribution is 2.34. The maximum absolute atomic E-state index is 11.5. The number of carboxylic acid groups (broad SMARTS) is 1. The first-order chi connectivity index (χ1) is 8.12. The average Bonchev–Trinajstić information content (AvgIpc) is 2.33. The molecule has 0 unspecified atom stereocenters. The number of carboxylic acids is 1. The first-order valence-corrected chi connectivity index (χ1v) is 6.19. The number of nitrogens with one attached hydrogen (secondary N) is 1. The topological polar surface area (TPSA) is 49.3 Å². The molecule has 0 radical (unpaired) electrons. The van der Waals surface area contributed by atoms with E-state index in [0.717, 1.165) is 18.5 Å². The fourth-order valence-corrected chi connectivity index (χ4v) is 2.45. The zero-order valence-corrected chi connectivity index (χ0v) is 10.1. The van der Waals surface area contributed by atoms with Crippen LogP contribution in [0.5, 0.6) is 0 Å². The summed E-state index contributed by atoms with van der Waals surface area (Å²) in [6.07, 6.45) is 3.37. The number of para-hydroxylation sites is 1. The molecule has 3 nitrogen and oxygen atoms in total. The van der Waals surface area contributed by atoms with Crippen LogP contribution < -0.4 is 5.32 Å². The minimum Gasteiger partial charge on any atom is -0.480 e. The molecule has 1 aliphatic carbocycles. The molecule has 0 spiro atoms. The minimum absolute atomic E-state index is 0.639. The van der Waals surface area contributed by atoms with Gasteiger partial charge in [0, 0.05) is 5.69 Å². The molecule has 0 amide bonds. The molecule has 1 aromatic carbocycles. The predicted molar refractivity (Wildman–Crippen MR) is 68.1 cm³/mol. The molecular formula is C14H19NO2. The van der Waals surface area contributed by atoms with Gasteiger partial charge in [0.25, 0.3) is 0 Å². The first kappa shape index (κ1) is 12.0. The summed E-state index contributed by atoms with van der Waals surface area (Å²) >= 11 is 0. The summed E-state index contributed by atoms with van der Waals surface area (Å²) in [5.74, 6) is -0.0895. The summed E-state index contributed by atoms with van der Waals surface area (Å²) in [5, 5.41) is 12.7. The van der Waals surface area contributed by atoms with Crippen LogP contribution in [0.15, 0.2) is 30.3 Å². The highest BCUT2D eigenvalue weighted by molar-refractivity contribution is 5.83. The van der Waals surface area contributed by atoms with Crippen LogP contribution in [0.4, 0.5) is 5.69 Å². The van der Waals surface area contributed by atoms with Gasteiger partial charge in [-0.05, 0) is 43.7 Å². The van der Waals surface area contributed by atoms with E-state index in [2.05, 4.69) is 12.2 Å². The van der Waals surface area contributed by atoms with Crippen molar-refractivity contribution in [3.05, 3.63) is 30.3 Å². The van der Waals surface area contributed by atoms with Gasteiger partial charge < -0.3 is 10.4 Å². The van der Waals surface area contributed by atoms with E-state index >= 15 is 0 Å². The Labute approximate surface area is 102 Å². The molecule has 0 aliphatic heterocycles. The molecule has 1 fully saturated rings. The maximum atomic E-state index is 11.5. The van der Waals surface area contributed by atoms with Crippen molar-refractivity contribution < 1.29 is 9.90 Å². The molecule has 2 rings (SSSR count). The van der Waals surface area contributed by atoms with Gasteiger partial charge in [-0.1, -0.05) is 25.1 Å². The van der Waals surface area contributed by atoms with Gasteiger partial charge in [-0.3, -0.25) is 0 Å². The van der Waals surface area contributed by atoms with Crippen molar-refractivity contribution in [2.24, 2.45) is 5.92 Å². The fourth-order valence-electron chi connectivity index (χ4n) is 2.45. The number of benzene rings is 1. The van der Waals surface area contributed by atoms with Gasteiger partial charge in [-0.15, -0.1) is 0 Å². The van der Waals surface area contributed by atoms with Gasteiger partial charge in [-0.2, -0.15) is 0 Å². The number of carbonyl (C=O) groups is 1. The Morgan fingerprint density at radius 2 is 1.88 bits per heavy atom. The average molecular weight is 233 g/mol. The van der Waals surface area contributed by atoms with E-state index in [0.29, 0.717) is 18.8 Å². The van der Waals surface area contributed by atoms with E-state index < -0.39 is 11.5 Å². The molecular weight excluding hydrogens is 214 g/mol. The molecule has 0 saturated heterocycles. The number of hydrogen-bond acceptors (Lipinski definition) is 2. The molecule has 92 valence electrons. The first-order valence-electron chi connectivity index (χ1n) is 6.19. The molecule has 1 aliphatic rings. The molecule has 0 aromatic heterocycles. The van der Waals surface area contributed by atoms with Gasteiger partial charge in [0.05, 0.1) is 0 Å². The van der Waals surface area contributed by atoms with Crippen molar-refractivity contribution in [2.75, 3.05) is 5.32 Å². The zero-order chi connectivity index (χ0) is 12.3. The lowest BCUT2D eigenvalue weighted by Crippen LogP contribution is -2.48. The standard InChI is InChI=1S/C14H19NO2/c1-11-7-9-14(10-8-11,13(16)17)15-12-5-3-2-4-6-12/h2-6,11,15H,7-10H2,1H3,(H,16,17). The smallest absolute Gasteiger partial charge is 0.329 e. The highest BCUT2D eigenvalue weighted by Gasteiger charge is 2.41. The maximum Gasteiger partial charge on any atom is 0.329 e. The predicted octanol–water partition coefficient (Wildman–Crippen LogP) is 3.13. The molecule has 0 heterocycles. The second-order valence-electron chi connectivity index (χ2n) is 5.06. The van der Waals surface area contributed by atoms with Gasteiger partial charge in [0.1, 0.15) is 5.54 Å². The number of aliphatic carboxylic acids is 1. The van der Waals surface area contributed by atoms with E-state index in [9.17, 15) is 9.90 Å². The molecule has 3 heteroatoms. The molecule has 1 aromatic rings. The van der Waals surface area contributed by atoms with E-state index in [-0.39, 0.29) is 0 Å². The summed E-state index contributed by atoms with van der Waals surface area (Å²) in [4.78, 5) is 11.5.